The van der Waals surface area contributed by atoms with Crippen molar-refractivity contribution in [3.63, 3.8) is 0 Å². The second kappa shape index (κ2) is 6.44. The van der Waals surface area contributed by atoms with E-state index in [1.807, 2.05) is 30.3 Å². The molecule has 0 aliphatic heterocycles. The zero-order chi connectivity index (χ0) is 10.2. The van der Waals surface area contributed by atoms with Gasteiger partial charge in [0.2, 0.25) is 0 Å². The first kappa shape index (κ1) is 11.1. The Balaban J connectivity index is 2.20. The molecule has 0 fully saturated rings. The molecule has 78 valence electrons. The highest BCUT2D eigenvalue weighted by Crippen LogP contribution is 2.06. The minimum absolute atomic E-state index is 0.227. The summed E-state index contributed by atoms with van der Waals surface area (Å²) in [5, 5.41) is 12.8. The highest BCUT2D eigenvalue weighted by molar-refractivity contribution is 5.42. The first-order valence-corrected chi connectivity index (χ1v) is 5.30. The highest BCUT2D eigenvalue weighted by Gasteiger charge is 2.01. The number of anilines is 1. The van der Waals surface area contributed by atoms with E-state index >= 15 is 0 Å². The monoisotopic (exact) mass is 193 g/mol. The molecule has 0 amide bonds. The largest absolute Gasteiger partial charge is 0.391 e. The molecule has 1 aromatic carbocycles. The minimum atomic E-state index is -0.227. The zero-order valence-corrected chi connectivity index (χ0v) is 8.74. The van der Waals surface area contributed by atoms with Gasteiger partial charge in [-0.1, -0.05) is 38.0 Å². The predicted molar refractivity (Wildman–Crippen MR) is 60.5 cm³/mol. The Morgan fingerprint density at radius 2 is 2.00 bits per heavy atom. The summed E-state index contributed by atoms with van der Waals surface area (Å²) in [4.78, 5) is 0. The van der Waals surface area contributed by atoms with E-state index in [0.717, 1.165) is 24.9 Å². The molecule has 0 saturated carbocycles. The van der Waals surface area contributed by atoms with Gasteiger partial charge in [-0.2, -0.15) is 0 Å². The summed E-state index contributed by atoms with van der Waals surface area (Å²) in [6.45, 7) is 2.78. The lowest BCUT2D eigenvalue weighted by Gasteiger charge is -2.11. The van der Waals surface area contributed by atoms with Crippen LogP contribution in [0.1, 0.15) is 26.2 Å². The van der Waals surface area contributed by atoms with Crippen molar-refractivity contribution in [1.82, 2.24) is 0 Å². The minimum Gasteiger partial charge on any atom is -0.391 e. The third kappa shape index (κ3) is 4.28. The lowest BCUT2D eigenvalue weighted by molar-refractivity contribution is 0.174. The van der Waals surface area contributed by atoms with Gasteiger partial charge in [-0.05, 0) is 18.6 Å². The normalized spacial score (nSPS) is 12.4. The van der Waals surface area contributed by atoms with E-state index in [0.29, 0.717) is 6.54 Å². The van der Waals surface area contributed by atoms with Gasteiger partial charge in [0.1, 0.15) is 0 Å². The number of rotatable bonds is 6. The molecule has 0 heterocycles. The number of aliphatic hydroxyl groups excluding tert-OH is 1. The van der Waals surface area contributed by atoms with E-state index in [1.165, 1.54) is 0 Å². The van der Waals surface area contributed by atoms with E-state index < -0.39 is 0 Å². The molecule has 2 N–H and O–H groups in total. The number of unbranched alkanes of at least 4 members (excludes halogenated alkanes) is 1. The van der Waals surface area contributed by atoms with Crippen molar-refractivity contribution in [3.8, 4) is 0 Å². The van der Waals surface area contributed by atoms with Crippen molar-refractivity contribution in [2.24, 2.45) is 0 Å². The SMILES string of the molecule is CCCC[C@H](O)CNc1ccccc1. The lowest BCUT2D eigenvalue weighted by Crippen LogP contribution is -2.19. The van der Waals surface area contributed by atoms with Gasteiger partial charge in [0.25, 0.3) is 0 Å². The fraction of sp³-hybridized carbons (Fsp3) is 0.500. The smallest absolute Gasteiger partial charge is 0.0712 e. The Morgan fingerprint density at radius 1 is 1.29 bits per heavy atom. The molecule has 0 aromatic heterocycles. The maximum Gasteiger partial charge on any atom is 0.0712 e. The summed E-state index contributed by atoms with van der Waals surface area (Å²) in [5.41, 5.74) is 1.07. The van der Waals surface area contributed by atoms with E-state index in [2.05, 4.69) is 12.2 Å². The van der Waals surface area contributed by atoms with Crippen LogP contribution in [-0.4, -0.2) is 17.8 Å². The maximum absolute atomic E-state index is 9.58. The number of aliphatic hydroxyl groups is 1. The average Bonchev–Trinajstić information content (AvgIpc) is 2.25. The maximum atomic E-state index is 9.58. The molecule has 1 aromatic rings. The molecule has 0 unspecified atom stereocenters. The van der Waals surface area contributed by atoms with Crippen molar-refractivity contribution >= 4 is 5.69 Å². The summed E-state index contributed by atoms with van der Waals surface area (Å²) in [7, 11) is 0. The fourth-order valence-corrected chi connectivity index (χ4v) is 1.33. The van der Waals surface area contributed by atoms with Crippen LogP contribution in [0.2, 0.25) is 0 Å². The van der Waals surface area contributed by atoms with E-state index in [4.69, 9.17) is 0 Å². The van der Waals surface area contributed by atoms with Gasteiger partial charge >= 0.3 is 0 Å². The molecule has 14 heavy (non-hydrogen) atoms. The molecule has 1 rings (SSSR count). The van der Waals surface area contributed by atoms with Crippen LogP contribution in [0.4, 0.5) is 5.69 Å². The molecule has 2 heteroatoms. The topological polar surface area (TPSA) is 32.3 Å². The number of para-hydroxylation sites is 1. The molecular formula is C12H19NO. The Labute approximate surface area is 86.0 Å². The summed E-state index contributed by atoms with van der Waals surface area (Å²) in [5.74, 6) is 0. The zero-order valence-electron chi connectivity index (χ0n) is 8.74. The van der Waals surface area contributed by atoms with E-state index in [9.17, 15) is 5.11 Å². The first-order chi connectivity index (χ1) is 6.83. The van der Waals surface area contributed by atoms with Crippen molar-refractivity contribution in [2.45, 2.75) is 32.3 Å². The Bertz CT molecular complexity index is 235. The molecule has 0 aliphatic carbocycles. The first-order valence-electron chi connectivity index (χ1n) is 5.30. The summed E-state index contributed by atoms with van der Waals surface area (Å²) in [6.07, 6.45) is 2.89. The molecule has 0 spiro atoms. The molecule has 0 aliphatic rings. The van der Waals surface area contributed by atoms with Crippen molar-refractivity contribution in [2.75, 3.05) is 11.9 Å². The van der Waals surface area contributed by atoms with Crippen LogP contribution in [0.5, 0.6) is 0 Å². The molecular weight excluding hydrogens is 174 g/mol. The summed E-state index contributed by atoms with van der Waals surface area (Å²) >= 11 is 0. The van der Waals surface area contributed by atoms with Crippen LogP contribution in [0.15, 0.2) is 30.3 Å². The molecule has 1 atom stereocenters. The number of hydrogen-bond acceptors (Lipinski definition) is 2. The van der Waals surface area contributed by atoms with Gasteiger partial charge in [-0.25, -0.2) is 0 Å². The van der Waals surface area contributed by atoms with Crippen LogP contribution in [-0.2, 0) is 0 Å². The predicted octanol–water partition coefficient (Wildman–Crippen LogP) is 2.65. The van der Waals surface area contributed by atoms with Crippen LogP contribution in [0.3, 0.4) is 0 Å². The fourth-order valence-electron chi connectivity index (χ4n) is 1.33. The van der Waals surface area contributed by atoms with E-state index in [1.54, 1.807) is 0 Å². The van der Waals surface area contributed by atoms with Crippen LogP contribution in [0.25, 0.3) is 0 Å². The number of nitrogens with one attached hydrogen (secondary N) is 1. The average molecular weight is 193 g/mol. The van der Waals surface area contributed by atoms with Crippen molar-refractivity contribution < 1.29 is 5.11 Å². The van der Waals surface area contributed by atoms with Gasteiger partial charge in [-0.3, -0.25) is 0 Å². The van der Waals surface area contributed by atoms with Crippen molar-refractivity contribution in [1.29, 1.82) is 0 Å². The van der Waals surface area contributed by atoms with Gasteiger partial charge < -0.3 is 10.4 Å². The Hall–Kier alpha value is -1.02. The van der Waals surface area contributed by atoms with Crippen molar-refractivity contribution in [3.05, 3.63) is 30.3 Å². The van der Waals surface area contributed by atoms with Gasteiger partial charge in [-0.15, -0.1) is 0 Å². The second-order valence-electron chi connectivity index (χ2n) is 3.54. The van der Waals surface area contributed by atoms with Crippen LogP contribution < -0.4 is 5.32 Å². The summed E-state index contributed by atoms with van der Waals surface area (Å²) in [6, 6.07) is 9.97. The second-order valence-corrected chi connectivity index (χ2v) is 3.54. The van der Waals surface area contributed by atoms with E-state index in [-0.39, 0.29) is 6.10 Å². The molecule has 0 radical (unpaired) electrons. The summed E-state index contributed by atoms with van der Waals surface area (Å²) < 4.78 is 0. The van der Waals surface area contributed by atoms with Gasteiger partial charge in [0.15, 0.2) is 0 Å². The third-order valence-corrected chi connectivity index (χ3v) is 2.21. The van der Waals surface area contributed by atoms with Gasteiger partial charge in [0.05, 0.1) is 6.10 Å². The Kier molecular flexibility index (Phi) is 5.08. The molecule has 2 nitrogen and oxygen atoms in total. The third-order valence-electron chi connectivity index (χ3n) is 2.21. The van der Waals surface area contributed by atoms with Crippen LogP contribution >= 0.6 is 0 Å². The molecule has 0 saturated heterocycles. The van der Waals surface area contributed by atoms with Crippen LogP contribution in [0, 0.1) is 0 Å². The highest BCUT2D eigenvalue weighted by atomic mass is 16.3. The number of hydrogen-bond donors (Lipinski definition) is 2. The molecule has 0 bridgehead atoms. The Morgan fingerprint density at radius 3 is 2.64 bits per heavy atom. The van der Waals surface area contributed by atoms with Gasteiger partial charge in [0, 0.05) is 12.2 Å². The number of benzene rings is 1. The quantitative estimate of drug-likeness (QED) is 0.728. The standard InChI is InChI=1S/C12H19NO/c1-2-3-9-12(14)10-13-11-7-5-4-6-8-11/h4-8,12-14H,2-3,9-10H2,1H3/t12-/m0/s1. The lowest BCUT2D eigenvalue weighted by atomic mass is 10.1.